The van der Waals surface area contributed by atoms with E-state index in [1.165, 1.54) is 24.3 Å². The number of nitro benzene ring substituents is 1. The van der Waals surface area contributed by atoms with Gasteiger partial charge in [-0.15, -0.1) is 0 Å². The maximum atomic E-state index is 12.4. The minimum atomic E-state index is -0.487. The van der Waals surface area contributed by atoms with Crippen LogP contribution in [-0.4, -0.2) is 17.3 Å². The second-order valence-electron chi connectivity index (χ2n) is 5.57. The number of nitrogens with one attached hydrogen (secondary N) is 1. The van der Waals surface area contributed by atoms with Gasteiger partial charge < -0.3 is 0 Å². The third kappa shape index (κ3) is 4.12. The van der Waals surface area contributed by atoms with Crippen molar-refractivity contribution in [1.82, 2.24) is 5.43 Å². The number of hydrazine groups is 1. The van der Waals surface area contributed by atoms with E-state index in [4.69, 9.17) is 0 Å². The van der Waals surface area contributed by atoms with Crippen LogP contribution in [0.1, 0.15) is 10.4 Å². The summed E-state index contributed by atoms with van der Waals surface area (Å²) in [6.07, 6.45) is 0. The quantitative estimate of drug-likeness (QED) is 0.395. The van der Waals surface area contributed by atoms with Crippen molar-refractivity contribution in [1.29, 1.82) is 0 Å². The Kier molecular flexibility index (Phi) is 5.36. The van der Waals surface area contributed by atoms with Crippen LogP contribution in [0.2, 0.25) is 0 Å². The van der Waals surface area contributed by atoms with Gasteiger partial charge in [0.05, 0.1) is 22.8 Å². The molecule has 3 aromatic rings. The molecule has 0 aliphatic carbocycles. The van der Waals surface area contributed by atoms with Crippen LogP contribution in [-0.2, 0) is 0 Å². The lowest BCUT2D eigenvalue weighted by atomic mass is 10.1. The monoisotopic (exact) mass is 347 g/mol. The van der Waals surface area contributed by atoms with E-state index in [1.54, 1.807) is 0 Å². The number of Topliss-reactive ketones (excluding diaryl/α,β-unsaturated/α-hetero) is 1. The van der Waals surface area contributed by atoms with E-state index in [0.717, 1.165) is 11.4 Å². The van der Waals surface area contributed by atoms with E-state index in [0.29, 0.717) is 5.56 Å². The fourth-order valence-corrected chi connectivity index (χ4v) is 2.51. The summed E-state index contributed by atoms with van der Waals surface area (Å²) in [4.78, 5) is 22.7. The summed E-state index contributed by atoms with van der Waals surface area (Å²) in [5.74, 6) is -0.156. The van der Waals surface area contributed by atoms with Crippen molar-refractivity contribution in [3.63, 3.8) is 0 Å². The molecule has 0 fully saturated rings. The van der Waals surface area contributed by atoms with E-state index >= 15 is 0 Å². The van der Waals surface area contributed by atoms with Gasteiger partial charge in [-0.1, -0.05) is 36.4 Å². The van der Waals surface area contributed by atoms with Crippen LogP contribution in [0.5, 0.6) is 0 Å². The number of hydrogen-bond acceptors (Lipinski definition) is 5. The number of anilines is 2. The van der Waals surface area contributed by atoms with E-state index < -0.39 is 4.92 Å². The zero-order valence-electron chi connectivity index (χ0n) is 13.9. The van der Waals surface area contributed by atoms with Gasteiger partial charge in [0, 0.05) is 17.7 Å². The van der Waals surface area contributed by atoms with Gasteiger partial charge in [0.1, 0.15) is 0 Å². The molecule has 6 nitrogen and oxygen atoms in total. The molecule has 0 aliphatic heterocycles. The fraction of sp³-hybridized carbons (Fsp3) is 0.0500. The Morgan fingerprint density at radius 2 is 1.35 bits per heavy atom. The van der Waals surface area contributed by atoms with Crippen LogP contribution >= 0.6 is 0 Å². The molecule has 0 atom stereocenters. The van der Waals surface area contributed by atoms with E-state index in [2.05, 4.69) is 5.43 Å². The SMILES string of the molecule is O=C(CNN(c1ccccc1)c1ccccc1)c1ccc([N+](=O)[O-])cc1. The largest absolute Gasteiger partial charge is 0.293 e. The highest BCUT2D eigenvalue weighted by Crippen LogP contribution is 2.22. The van der Waals surface area contributed by atoms with Gasteiger partial charge in [0.25, 0.3) is 5.69 Å². The van der Waals surface area contributed by atoms with Crippen LogP contribution in [0.3, 0.4) is 0 Å². The van der Waals surface area contributed by atoms with Crippen molar-refractivity contribution < 1.29 is 9.72 Å². The molecule has 0 unspecified atom stereocenters. The van der Waals surface area contributed by atoms with Crippen LogP contribution in [0.15, 0.2) is 84.9 Å². The molecule has 0 radical (unpaired) electrons. The highest BCUT2D eigenvalue weighted by Gasteiger charge is 2.13. The Balaban J connectivity index is 1.75. The molecule has 0 amide bonds. The van der Waals surface area contributed by atoms with Crippen LogP contribution in [0.25, 0.3) is 0 Å². The number of para-hydroxylation sites is 2. The maximum absolute atomic E-state index is 12.4. The normalized spacial score (nSPS) is 10.3. The molecule has 0 saturated heterocycles. The van der Waals surface area contributed by atoms with Gasteiger partial charge in [-0.05, 0) is 36.4 Å². The Labute approximate surface area is 150 Å². The molecule has 1 N–H and O–H groups in total. The van der Waals surface area contributed by atoms with E-state index in [9.17, 15) is 14.9 Å². The first kappa shape index (κ1) is 17.3. The lowest BCUT2D eigenvalue weighted by Crippen LogP contribution is -2.37. The number of benzene rings is 3. The van der Waals surface area contributed by atoms with Crippen LogP contribution in [0, 0.1) is 10.1 Å². The van der Waals surface area contributed by atoms with Crippen molar-refractivity contribution in [3.05, 3.63) is 101 Å². The van der Waals surface area contributed by atoms with Crippen molar-refractivity contribution in [2.75, 3.05) is 11.6 Å². The van der Waals surface area contributed by atoms with Gasteiger partial charge in [0.2, 0.25) is 0 Å². The number of rotatable bonds is 7. The lowest BCUT2D eigenvalue weighted by molar-refractivity contribution is -0.384. The van der Waals surface area contributed by atoms with Crippen molar-refractivity contribution in [2.45, 2.75) is 0 Å². The smallest absolute Gasteiger partial charge is 0.269 e. The predicted molar refractivity (Wildman–Crippen MR) is 100 cm³/mol. The average molecular weight is 347 g/mol. The van der Waals surface area contributed by atoms with Gasteiger partial charge in [-0.3, -0.25) is 19.9 Å². The van der Waals surface area contributed by atoms with Gasteiger partial charge in [0.15, 0.2) is 5.78 Å². The summed E-state index contributed by atoms with van der Waals surface area (Å²) in [6.45, 7) is 0.0571. The number of carbonyl (C=O) groups excluding carboxylic acids is 1. The summed E-state index contributed by atoms with van der Waals surface area (Å²) >= 11 is 0. The summed E-state index contributed by atoms with van der Waals surface area (Å²) in [5.41, 5.74) is 5.32. The van der Waals surface area contributed by atoms with Gasteiger partial charge in [-0.25, -0.2) is 5.43 Å². The first-order valence-electron chi connectivity index (χ1n) is 8.06. The molecule has 0 saturated carbocycles. The van der Waals surface area contributed by atoms with Crippen LogP contribution < -0.4 is 10.4 Å². The van der Waals surface area contributed by atoms with Crippen LogP contribution in [0.4, 0.5) is 17.1 Å². The third-order valence-electron chi connectivity index (χ3n) is 3.83. The topological polar surface area (TPSA) is 75.5 Å². The number of nitrogens with zero attached hydrogens (tertiary/aromatic N) is 2. The molecule has 6 heteroatoms. The minimum Gasteiger partial charge on any atom is -0.293 e. The second kappa shape index (κ2) is 8.04. The van der Waals surface area contributed by atoms with Gasteiger partial charge in [-0.2, -0.15) is 0 Å². The molecular formula is C20H17N3O3. The molecule has 0 bridgehead atoms. The Hall–Kier alpha value is -3.51. The van der Waals surface area contributed by atoms with Crippen molar-refractivity contribution in [2.24, 2.45) is 0 Å². The highest BCUT2D eigenvalue weighted by atomic mass is 16.6. The zero-order valence-corrected chi connectivity index (χ0v) is 13.9. The number of hydrogen-bond donors (Lipinski definition) is 1. The minimum absolute atomic E-state index is 0.0373. The number of ketones is 1. The summed E-state index contributed by atoms with van der Waals surface area (Å²) in [7, 11) is 0. The molecular weight excluding hydrogens is 330 g/mol. The molecule has 26 heavy (non-hydrogen) atoms. The standard InChI is InChI=1S/C20H17N3O3/c24-20(16-11-13-19(14-12-16)23(25)26)15-21-22(17-7-3-1-4-8-17)18-9-5-2-6-10-18/h1-14,21H,15H2. The van der Waals surface area contributed by atoms with Crippen molar-refractivity contribution >= 4 is 22.8 Å². The Morgan fingerprint density at radius 1 is 0.846 bits per heavy atom. The fourth-order valence-electron chi connectivity index (χ4n) is 2.51. The number of nitro groups is 1. The third-order valence-corrected chi connectivity index (χ3v) is 3.83. The Bertz CT molecular complexity index is 842. The van der Waals surface area contributed by atoms with E-state index in [1.807, 2.05) is 65.7 Å². The number of carbonyl (C=O) groups is 1. The molecule has 0 aliphatic rings. The summed E-state index contributed by atoms with van der Waals surface area (Å²) in [6, 6.07) is 24.9. The zero-order chi connectivity index (χ0) is 18.4. The Morgan fingerprint density at radius 3 is 1.81 bits per heavy atom. The molecule has 0 spiro atoms. The molecule has 0 aromatic heterocycles. The summed E-state index contributed by atoms with van der Waals surface area (Å²) < 4.78 is 0. The molecule has 3 rings (SSSR count). The molecule has 3 aromatic carbocycles. The number of non-ortho nitro benzene ring substituents is 1. The molecule has 0 heterocycles. The van der Waals surface area contributed by atoms with Gasteiger partial charge >= 0.3 is 0 Å². The summed E-state index contributed by atoms with van der Waals surface area (Å²) in [5, 5.41) is 12.5. The lowest BCUT2D eigenvalue weighted by Gasteiger charge is -2.25. The first-order chi connectivity index (χ1) is 12.6. The highest BCUT2D eigenvalue weighted by molar-refractivity contribution is 5.98. The average Bonchev–Trinajstić information content (AvgIpc) is 2.69. The maximum Gasteiger partial charge on any atom is 0.269 e. The van der Waals surface area contributed by atoms with E-state index in [-0.39, 0.29) is 18.0 Å². The predicted octanol–water partition coefficient (Wildman–Crippen LogP) is 4.12. The van der Waals surface area contributed by atoms with Crippen molar-refractivity contribution in [3.8, 4) is 0 Å². The first-order valence-corrected chi connectivity index (χ1v) is 8.06. The molecule has 130 valence electrons. The second-order valence-corrected chi connectivity index (χ2v) is 5.57.